The van der Waals surface area contributed by atoms with Crippen molar-refractivity contribution in [2.75, 3.05) is 0 Å². The molecule has 0 saturated carbocycles. The molecule has 8 heteroatoms. The van der Waals surface area contributed by atoms with Gasteiger partial charge in [-0.15, -0.1) is 0 Å². The molecule has 0 saturated heterocycles. The molecule has 0 rings (SSSR count). The maximum absolute atomic E-state index is 10.8. The molecule has 0 fully saturated rings. The number of nitrogens with one attached hydrogen (secondary N) is 2. The van der Waals surface area contributed by atoms with Crippen LogP contribution in [0.15, 0.2) is 10.2 Å². The molecule has 17 heavy (non-hydrogen) atoms. The highest BCUT2D eigenvalue weighted by Gasteiger charge is 1.97. The highest BCUT2D eigenvalue weighted by molar-refractivity contribution is 6.29. The van der Waals surface area contributed by atoms with Gasteiger partial charge in [-0.1, -0.05) is 0 Å². The van der Waals surface area contributed by atoms with E-state index in [0.29, 0.717) is 5.71 Å². The number of hydrogen-bond donors (Lipinski definition) is 2. The number of nitrogens with zero attached hydrogens (tertiary/aromatic N) is 4. The maximum Gasteiger partial charge on any atom is 0.254 e. The Bertz CT molecular complexity index is 426. The van der Waals surface area contributed by atoms with Crippen LogP contribution in [0.1, 0.15) is 19.8 Å². The standard InChI is InChI=1S/C9H10N6O2/c1-7(13-15-9(17)3-5-11)6-12-14-8(16)2-4-10/h6H,2-3H2,1H3,(H,14,16)(H,15,17)/b12-6-,13-7+. The Kier molecular flexibility index (Phi) is 7.18. The topological polar surface area (TPSA) is 130 Å². The first-order chi connectivity index (χ1) is 8.10. The highest BCUT2D eigenvalue weighted by Crippen LogP contribution is 1.78. The lowest BCUT2D eigenvalue weighted by molar-refractivity contribution is -0.120. The van der Waals surface area contributed by atoms with Gasteiger partial charge in [-0.05, 0) is 6.92 Å². The van der Waals surface area contributed by atoms with Gasteiger partial charge >= 0.3 is 0 Å². The molecular formula is C9H10N6O2. The van der Waals surface area contributed by atoms with Crippen LogP contribution in [0.25, 0.3) is 0 Å². The number of hydrogen-bond acceptors (Lipinski definition) is 6. The average molecular weight is 234 g/mol. The largest absolute Gasteiger partial charge is 0.272 e. The van der Waals surface area contributed by atoms with E-state index in [9.17, 15) is 9.59 Å². The van der Waals surface area contributed by atoms with Gasteiger partial charge in [0.2, 0.25) is 0 Å². The van der Waals surface area contributed by atoms with Crippen LogP contribution in [-0.2, 0) is 9.59 Å². The summed E-state index contributed by atoms with van der Waals surface area (Å²) in [4.78, 5) is 21.6. The number of rotatable bonds is 5. The predicted molar refractivity (Wildman–Crippen MR) is 58.3 cm³/mol. The van der Waals surface area contributed by atoms with E-state index in [1.807, 2.05) is 0 Å². The van der Waals surface area contributed by atoms with Crippen LogP contribution in [0.2, 0.25) is 0 Å². The number of nitriles is 2. The van der Waals surface area contributed by atoms with Gasteiger partial charge in [0.15, 0.2) is 0 Å². The first-order valence-electron chi connectivity index (χ1n) is 4.49. The van der Waals surface area contributed by atoms with Crippen LogP contribution >= 0.6 is 0 Å². The van der Waals surface area contributed by atoms with Crippen molar-refractivity contribution in [2.45, 2.75) is 19.8 Å². The van der Waals surface area contributed by atoms with Crippen molar-refractivity contribution in [3.63, 3.8) is 0 Å². The van der Waals surface area contributed by atoms with E-state index >= 15 is 0 Å². The second-order valence-corrected chi connectivity index (χ2v) is 2.75. The van der Waals surface area contributed by atoms with E-state index in [1.54, 1.807) is 12.1 Å². The van der Waals surface area contributed by atoms with Crippen LogP contribution in [0, 0.1) is 22.7 Å². The molecule has 0 aliphatic rings. The SMILES string of the molecule is CC(/C=N\NC(=O)CC#N)=N\NC(=O)CC#N. The molecular weight excluding hydrogens is 224 g/mol. The minimum absolute atomic E-state index is 0.285. The molecule has 0 bridgehead atoms. The summed E-state index contributed by atoms with van der Waals surface area (Å²) in [5, 5.41) is 23.5. The Hall–Kier alpha value is -2.74. The molecule has 0 aromatic carbocycles. The molecule has 0 atom stereocenters. The number of carbonyl (C=O) groups is 2. The minimum Gasteiger partial charge on any atom is -0.272 e. The average Bonchev–Trinajstić information content (AvgIpc) is 2.27. The zero-order chi connectivity index (χ0) is 13.1. The molecule has 0 aliphatic carbocycles. The second-order valence-electron chi connectivity index (χ2n) is 2.75. The molecule has 0 spiro atoms. The molecule has 2 amide bonds. The molecule has 0 aliphatic heterocycles. The summed E-state index contributed by atoms with van der Waals surface area (Å²) in [7, 11) is 0. The Morgan fingerprint density at radius 3 is 2.24 bits per heavy atom. The Labute approximate surface area is 97.6 Å². The lowest BCUT2D eigenvalue weighted by Gasteiger charge is -1.95. The first-order valence-corrected chi connectivity index (χ1v) is 4.49. The third kappa shape index (κ3) is 8.27. The van der Waals surface area contributed by atoms with E-state index in [-0.39, 0.29) is 12.8 Å². The van der Waals surface area contributed by atoms with Crippen molar-refractivity contribution in [3.05, 3.63) is 0 Å². The van der Waals surface area contributed by atoms with Crippen LogP contribution in [0.4, 0.5) is 0 Å². The lowest BCUT2D eigenvalue weighted by atomic mass is 10.4. The summed E-state index contributed by atoms with van der Waals surface area (Å²) >= 11 is 0. The van der Waals surface area contributed by atoms with Crippen molar-refractivity contribution in [1.82, 2.24) is 10.9 Å². The van der Waals surface area contributed by atoms with Crippen LogP contribution in [0.3, 0.4) is 0 Å². The minimum atomic E-state index is -0.537. The van der Waals surface area contributed by atoms with Crippen molar-refractivity contribution >= 4 is 23.7 Å². The van der Waals surface area contributed by atoms with Gasteiger partial charge in [0.05, 0.1) is 24.1 Å². The van der Waals surface area contributed by atoms with Crippen molar-refractivity contribution in [3.8, 4) is 12.1 Å². The summed E-state index contributed by atoms with van der Waals surface area (Å²) in [5.41, 5.74) is 4.53. The van der Waals surface area contributed by atoms with E-state index < -0.39 is 11.8 Å². The monoisotopic (exact) mass is 234 g/mol. The molecule has 2 N–H and O–H groups in total. The van der Waals surface area contributed by atoms with E-state index in [2.05, 4.69) is 21.1 Å². The molecule has 0 unspecified atom stereocenters. The van der Waals surface area contributed by atoms with Gasteiger partial charge in [0, 0.05) is 0 Å². The second kappa shape index (κ2) is 8.56. The van der Waals surface area contributed by atoms with Crippen LogP contribution < -0.4 is 10.9 Å². The molecule has 0 aromatic rings. The summed E-state index contributed by atoms with van der Waals surface area (Å²) in [5.74, 6) is -1.07. The fourth-order valence-corrected chi connectivity index (χ4v) is 0.600. The lowest BCUT2D eigenvalue weighted by Crippen LogP contribution is -2.20. The Balaban J connectivity index is 4.04. The quantitative estimate of drug-likeness (QED) is 0.486. The molecule has 0 radical (unpaired) electrons. The van der Waals surface area contributed by atoms with Gasteiger partial charge in [0.25, 0.3) is 11.8 Å². The third-order valence-electron chi connectivity index (χ3n) is 1.28. The summed E-state index contributed by atoms with van der Waals surface area (Å²) < 4.78 is 0. The van der Waals surface area contributed by atoms with Crippen molar-refractivity contribution in [1.29, 1.82) is 10.5 Å². The van der Waals surface area contributed by atoms with Crippen LogP contribution in [0.5, 0.6) is 0 Å². The van der Waals surface area contributed by atoms with E-state index in [1.165, 1.54) is 13.1 Å². The van der Waals surface area contributed by atoms with E-state index in [0.717, 1.165) is 0 Å². The summed E-state index contributed by atoms with van der Waals surface area (Å²) in [6.07, 6.45) is 0.626. The van der Waals surface area contributed by atoms with Crippen molar-refractivity contribution in [2.24, 2.45) is 10.2 Å². The number of amides is 2. The molecule has 0 aromatic heterocycles. The number of hydrazone groups is 2. The van der Waals surface area contributed by atoms with E-state index in [4.69, 9.17) is 10.5 Å². The van der Waals surface area contributed by atoms with Gasteiger partial charge in [0.1, 0.15) is 12.8 Å². The van der Waals surface area contributed by atoms with Crippen LogP contribution in [-0.4, -0.2) is 23.7 Å². The maximum atomic E-state index is 10.8. The van der Waals surface area contributed by atoms with Gasteiger partial charge in [-0.2, -0.15) is 20.7 Å². The number of carbonyl (C=O) groups excluding carboxylic acids is 2. The fraction of sp³-hybridized carbons (Fsp3) is 0.333. The Morgan fingerprint density at radius 2 is 1.71 bits per heavy atom. The molecule has 8 nitrogen and oxygen atoms in total. The fourth-order valence-electron chi connectivity index (χ4n) is 0.600. The smallest absolute Gasteiger partial charge is 0.254 e. The normalized spacial score (nSPS) is 10.4. The van der Waals surface area contributed by atoms with Gasteiger partial charge in [-0.3, -0.25) is 9.59 Å². The summed E-state index contributed by atoms with van der Waals surface area (Å²) in [6.45, 7) is 1.53. The zero-order valence-electron chi connectivity index (χ0n) is 9.10. The Morgan fingerprint density at radius 1 is 1.18 bits per heavy atom. The highest BCUT2D eigenvalue weighted by atomic mass is 16.2. The predicted octanol–water partition coefficient (Wildman–Crippen LogP) is -0.592. The van der Waals surface area contributed by atoms with Gasteiger partial charge in [-0.25, -0.2) is 10.9 Å². The molecule has 88 valence electrons. The van der Waals surface area contributed by atoms with Crippen molar-refractivity contribution < 1.29 is 9.59 Å². The third-order valence-corrected chi connectivity index (χ3v) is 1.28. The summed E-state index contributed by atoms with van der Waals surface area (Å²) in [6, 6.07) is 3.32. The zero-order valence-corrected chi connectivity index (χ0v) is 9.10. The van der Waals surface area contributed by atoms with Gasteiger partial charge < -0.3 is 0 Å². The molecule has 0 heterocycles. The first kappa shape index (κ1) is 14.3.